The number of rotatable bonds is 11. The minimum atomic E-state index is -1.22. The molecule has 5 N–H and O–H groups in total. The second-order valence-electron chi connectivity index (χ2n) is 6.18. The van der Waals surface area contributed by atoms with Crippen molar-refractivity contribution >= 4 is 0 Å². The van der Waals surface area contributed by atoms with Gasteiger partial charge in [-0.05, 0) is 13.0 Å². The number of nitrogens with one attached hydrogen (secondary N) is 1. The highest BCUT2D eigenvalue weighted by Gasteiger charge is 2.43. The molecule has 0 aromatic rings. The van der Waals surface area contributed by atoms with Gasteiger partial charge in [0.1, 0.15) is 18.3 Å². The van der Waals surface area contributed by atoms with Crippen LogP contribution in [-0.2, 0) is 4.74 Å². The number of unbranched alkanes of at least 4 members (excludes halogenated alkanes) is 7. The molecule has 1 aliphatic rings. The Kier molecular flexibility index (Phi) is 10.2. The number of hydrogen-bond acceptors (Lipinski definition) is 6. The summed E-state index contributed by atoms with van der Waals surface area (Å²) < 4.78 is 5.10. The lowest BCUT2D eigenvalue weighted by atomic mass is 9.97. The van der Waals surface area contributed by atoms with E-state index >= 15 is 0 Å². The van der Waals surface area contributed by atoms with Gasteiger partial charge >= 0.3 is 0 Å². The van der Waals surface area contributed by atoms with Gasteiger partial charge in [-0.15, -0.1) is 0 Å². The summed E-state index contributed by atoms with van der Waals surface area (Å²) in [6, 6.07) is -0.720. The van der Waals surface area contributed by atoms with E-state index < -0.39 is 37.3 Å². The van der Waals surface area contributed by atoms with Crippen molar-refractivity contribution in [1.29, 1.82) is 0 Å². The van der Waals surface area contributed by atoms with Crippen molar-refractivity contribution in [2.45, 2.75) is 88.9 Å². The Morgan fingerprint density at radius 2 is 1.45 bits per heavy atom. The van der Waals surface area contributed by atoms with E-state index in [1.54, 1.807) is 0 Å². The van der Waals surface area contributed by atoms with Gasteiger partial charge in [-0.1, -0.05) is 51.9 Å². The third-order valence-electron chi connectivity index (χ3n) is 4.31. The molecule has 6 heteroatoms. The summed E-state index contributed by atoms with van der Waals surface area (Å²) in [5, 5.41) is 41.6. The van der Waals surface area contributed by atoms with Crippen molar-refractivity contribution in [1.82, 2.24) is 5.32 Å². The topological polar surface area (TPSA) is 102 Å². The predicted octanol–water partition coefficient (Wildman–Crippen LogP) is 0.517. The summed E-state index contributed by atoms with van der Waals surface area (Å²) in [6.45, 7) is 2.44. The highest BCUT2D eigenvalue weighted by Crippen LogP contribution is 2.19. The summed E-state index contributed by atoms with van der Waals surface area (Å²) >= 11 is 0. The fraction of sp³-hybridized carbons (Fsp3) is 1.00. The second-order valence-corrected chi connectivity index (χ2v) is 6.18. The zero-order valence-electron chi connectivity index (χ0n) is 13.7. The average Bonchev–Trinajstić information content (AvgIpc) is 2.52. The molecule has 1 saturated heterocycles. The van der Waals surface area contributed by atoms with Crippen molar-refractivity contribution in [3.63, 3.8) is 0 Å². The Balaban J connectivity index is 2.11. The molecule has 1 fully saturated rings. The number of aliphatic hydroxyl groups is 4. The first kappa shape index (κ1) is 19.8. The normalized spacial score (nSPS) is 32.3. The third kappa shape index (κ3) is 6.48. The van der Waals surface area contributed by atoms with Crippen molar-refractivity contribution in [2.24, 2.45) is 0 Å². The largest absolute Gasteiger partial charge is 0.394 e. The summed E-state index contributed by atoms with van der Waals surface area (Å²) in [5.74, 6) is 0. The monoisotopic (exact) mass is 319 g/mol. The summed E-state index contributed by atoms with van der Waals surface area (Å²) in [5.41, 5.74) is 0. The van der Waals surface area contributed by atoms with Crippen LogP contribution in [0.2, 0.25) is 0 Å². The molecule has 0 radical (unpaired) electrons. The predicted molar refractivity (Wildman–Crippen MR) is 84.4 cm³/mol. The lowest BCUT2D eigenvalue weighted by Crippen LogP contribution is -2.63. The molecule has 0 saturated carbocycles. The van der Waals surface area contributed by atoms with Crippen molar-refractivity contribution < 1.29 is 25.2 Å². The maximum atomic E-state index is 9.97. The summed E-state index contributed by atoms with van der Waals surface area (Å²) in [7, 11) is 0. The third-order valence-corrected chi connectivity index (χ3v) is 4.31. The molecule has 1 unspecified atom stereocenters. The molecule has 0 amide bonds. The Bertz CT molecular complexity index is 279. The van der Waals surface area contributed by atoms with Gasteiger partial charge in [-0.25, -0.2) is 0 Å². The number of ether oxygens (including phenoxy) is 1. The quantitative estimate of drug-likeness (QED) is 0.356. The lowest BCUT2D eigenvalue weighted by molar-refractivity contribution is -0.254. The van der Waals surface area contributed by atoms with Crippen molar-refractivity contribution in [2.75, 3.05) is 13.2 Å². The second kappa shape index (κ2) is 11.3. The van der Waals surface area contributed by atoms with Crippen LogP contribution in [0.3, 0.4) is 0 Å². The number of hydrogen-bond donors (Lipinski definition) is 5. The SMILES string of the molecule is CCCCCCCCCCN[C@H]1C(O)O[C@H](CO)[C@@H](O)[C@@H]1O. The van der Waals surface area contributed by atoms with Crippen molar-refractivity contribution in [3.05, 3.63) is 0 Å². The molecule has 0 aliphatic carbocycles. The van der Waals surface area contributed by atoms with E-state index in [9.17, 15) is 15.3 Å². The Morgan fingerprint density at radius 1 is 0.864 bits per heavy atom. The fourth-order valence-electron chi connectivity index (χ4n) is 2.85. The number of aliphatic hydroxyl groups excluding tert-OH is 4. The van der Waals surface area contributed by atoms with Crippen LogP contribution in [0.5, 0.6) is 0 Å². The summed E-state index contributed by atoms with van der Waals surface area (Å²) in [4.78, 5) is 0. The first-order valence-electron chi connectivity index (χ1n) is 8.65. The standard InChI is InChI=1S/C16H33NO5/c1-2-3-4-5-6-7-8-9-10-17-13-15(20)14(19)12(11-18)22-16(13)21/h12-21H,2-11H2,1H3/t12-,13-,14-,15-,16?/m1/s1. The fourth-order valence-corrected chi connectivity index (χ4v) is 2.85. The molecule has 0 bridgehead atoms. The van der Waals surface area contributed by atoms with Gasteiger partial charge in [0.2, 0.25) is 0 Å². The highest BCUT2D eigenvalue weighted by atomic mass is 16.6. The van der Waals surface area contributed by atoms with E-state index in [0.717, 1.165) is 12.8 Å². The van der Waals surface area contributed by atoms with Gasteiger partial charge in [-0.2, -0.15) is 0 Å². The van der Waals surface area contributed by atoms with Crippen LogP contribution >= 0.6 is 0 Å². The molecular weight excluding hydrogens is 286 g/mol. The molecule has 1 heterocycles. The molecule has 132 valence electrons. The van der Waals surface area contributed by atoms with Crippen LogP contribution in [0.25, 0.3) is 0 Å². The molecule has 1 rings (SSSR count). The van der Waals surface area contributed by atoms with Crippen LogP contribution in [0.1, 0.15) is 58.3 Å². The minimum Gasteiger partial charge on any atom is -0.394 e. The lowest BCUT2D eigenvalue weighted by Gasteiger charge is -2.40. The van der Waals surface area contributed by atoms with Crippen LogP contribution < -0.4 is 5.32 Å². The van der Waals surface area contributed by atoms with Crippen molar-refractivity contribution in [3.8, 4) is 0 Å². The van der Waals surface area contributed by atoms with E-state index in [-0.39, 0.29) is 0 Å². The first-order valence-corrected chi connectivity index (χ1v) is 8.65. The van der Waals surface area contributed by atoms with Gasteiger partial charge in [0.25, 0.3) is 0 Å². The first-order chi connectivity index (χ1) is 10.6. The Morgan fingerprint density at radius 3 is 2.05 bits per heavy atom. The summed E-state index contributed by atoms with van der Waals surface area (Å²) in [6.07, 6.45) is 5.23. The maximum Gasteiger partial charge on any atom is 0.173 e. The minimum absolute atomic E-state index is 0.431. The molecule has 0 aromatic carbocycles. The smallest absolute Gasteiger partial charge is 0.173 e. The van der Waals surface area contributed by atoms with Gasteiger partial charge in [-0.3, -0.25) is 0 Å². The van der Waals surface area contributed by atoms with Gasteiger partial charge in [0, 0.05) is 0 Å². The Labute approximate surface area is 133 Å². The molecular formula is C16H33NO5. The molecule has 0 aromatic heterocycles. The molecule has 1 aliphatic heterocycles. The van der Waals surface area contributed by atoms with E-state index in [1.165, 1.54) is 38.5 Å². The maximum absolute atomic E-state index is 9.97. The van der Waals surface area contributed by atoms with Crippen LogP contribution in [0, 0.1) is 0 Å². The Hall–Kier alpha value is -0.240. The molecule has 6 nitrogen and oxygen atoms in total. The van der Waals surface area contributed by atoms with Gasteiger partial charge in [0.15, 0.2) is 6.29 Å². The highest BCUT2D eigenvalue weighted by molar-refractivity contribution is 4.92. The van der Waals surface area contributed by atoms with Crippen LogP contribution in [0.4, 0.5) is 0 Å². The van der Waals surface area contributed by atoms with E-state index in [2.05, 4.69) is 12.2 Å². The van der Waals surface area contributed by atoms with Crippen LogP contribution in [0.15, 0.2) is 0 Å². The molecule has 5 atom stereocenters. The average molecular weight is 319 g/mol. The van der Waals surface area contributed by atoms with E-state index in [0.29, 0.717) is 6.54 Å². The molecule has 22 heavy (non-hydrogen) atoms. The van der Waals surface area contributed by atoms with Gasteiger partial charge < -0.3 is 30.5 Å². The zero-order chi connectivity index (χ0) is 16.4. The van der Waals surface area contributed by atoms with E-state index in [4.69, 9.17) is 9.84 Å². The molecule has 0 spiro atoms. The zero-order valence-corrected chi connectivity index (χ0v) is 13.7. The van der Waals surface area contributed by atoms with Crippen LogP contribution in [-0.4, -0.2) is 64.2 Å². The van der Waals surface area contributed by atoms with E-state index in [1.807, 2.05) is 0 Å². The van der Waals surface area contributed by atoms with Gasteiger partial charge in [0.05, 0.1) is 12.6 Å².